The van der Waals surface area contributed by atoms with Crippen molar-refractivity contribution in [2.75, 3.05) is 5.32 Å². The molecular weight excluding hydrogens is 362 g/mol. The Balaban J connectivity index is 1.79. The lowest BCUT2D eigenvalue weighted by Crippen LogP contribution is -2.02. The zero-order valence-electron chi connectivity index (χ0n) is 14.3. The number of rotatable bonds is 6. The minimum Gasteiger partial charge on any atom is -0.358 e. The molecule has 0 heterocycles. The topological polar surface area (TPSA) is 29.1 Å². The number of hydrogen-bond donors (Lipinski definition) is 1. The van der Waals surface area contributed by atoms with Crippen LogP contribution in [-0.4, -0.2) is 5.78 Å². The zero-order chi connectivity index (χ0) is 18.4. The van der Waals surface area contributed by atoms with E-state index in [9.17, 15) is 4.79 Å². The first-order valence-electron chi connectivity index (χ1n) is 8.19. The van der Waals surface area contributed by atoms with Crippen molar-refractivity contribution in [1.29, 1.82) is 0 Å². The molecular formula is C22H18ClNOS. The molecule has 3 rings (SSSR count). The van der Waals surface area contributed by atoms with Gasteiger partial charge in [0.1, 0.15) is 0 Å². The molecule has 0 atom stereocenters. The van der Waals surface area contributed by atoms with Crippen LogP contribution in [0.1, 0.15) is 17.3 Å². The second-order valence-electron chi connectivity index (χ2n) is 5.71. The van der Waals surface area contributed by atoms with Crippen molar-refractivity contribution in [1.82, 2.24) is 0 Å². The predicted octanol–water partition coefficient (Wildman–Crippen LogP) is 6.69. The molecule has 130 valence electrons. The third kappa shape index (κ3) is 4.78. The van der Waals surface area contributed by atoms with Gasteiger partial charge >= 0.3 is 0 Å². The Morgan fingerprint density at radius 1 is 0.885 bits per heavy atom. The van der Waals surface area contributed by atoms with Crippen molar-refractivity contribution in [2.45, 2.75) is 16.7 Å². The predicted molar refractivity (Wildman–Crippen MR) is 110 cm³/mol. The SMILES string of the molecule is CC(=CC(=O)c1ccccc1)Nc1ccccc1Sc1ccccc1Cl. The van der Waals surface area contributed by atoms with Crippen molar-refractivity contribution < 1.29 is 4.79 Å². The fourth-order valence-corrected chi connectivity index (χ4v) is 3.61. The van der Waals surface area contributed by atoms with Crippen LogP contribution in [0, 0.1) is 0 Å². The lowest BCUT2D eigenvalue weighted by Gasteiger charge is -2.12. The fraction of sp³-hybridized carbons (Fsp3) is 0.0455. The van der Waals surface area contributed by atoms with E-state index in [-0.39, 0.29) is 5.78 Å². The highest BCUT2D eigenvalue weighted by Gasteiger charge is 2.08. The number of carbonyl (C=O) groups is 1. The van der Waals surface area contributed by atoms with E-state index in [1.54, 1.807) is 17.8 Å². The zero-order valence-corrected chi connectivity index (χ0v) is 15.8. The van der Waals surface area contributed by atoms with Gasteiger partial charge in [0.25, 0.3) is 0 Å². The van der Waals surface area contributed by atoms with Gasteiger partial charge in [0.2, 0.25) is 0 Å². The molecule has 4 heteroatoms. The van der Waals surface area contributed by atoms with Gasteiger partial charge in [-0.3, -0.25) is 4.79 Å². The average molecular weight is 380 g/mol. The molecule has 0 aromatic heterocycles. The van der Waals surface area contributed by atoms with Crippen molar-refractivity contribution in [2.24, 2.45) is 0 Å². The lowest BCUT2D eigenvalue weighted by atomic mass is 10.1. The third-order valence-corrected chi connectivity index (χ3v) is 5.27. The summed E-state index contributed by atoms with van der Waals surface area (Å²) in [7, 11) is 0. The van der Waals surface area contributed by atoms with Gasteiger partial charge in [-0.2, -0.15) is 0 Å². The van der Waals surface area contributed by atoms with Crippen LogP contribution in [-0.2, 0) is 0 Å². The maximum atomic E-state index is 12.3. The van der Waals surface area contributed by atoms with Gasteiger partial charge in [0.05, 0.1) is 10.7 Å². The highest BCUT2D eigenvalue weighted by Crippen LogP contribution is 2.37. The molecule has 0 aliphatic rings. The normalized spacial score (nSPS) is 11.2. The molecule has 0 bridgehead atoms. The van der Waals surface area contributed by atoms with Crippen LogP contribution < -0.4 is 5.32 Å². The number of hydrogen-bond acceptors (Lipinski definition) is 3. The summed E-state index contributed by atoms with van der Waals surface area (Å²) in [5.41, 5.74) is 2.39. The first kappa shape index (κ1) is 18.3. The van der Waals surface area contributed by atoms with Gasteiger partial charge in [-0.15, -0.1) is 0 Å². The number of anilines is 1. The molecule has 0 saturated heterocycles. The molecule has 0 aliphatic carbocycles. The van der Waals surface area contributed by atoms with Crippen LogP contribution in [0.3, 0.4) is 0 Å². The number of halogens is 1. The quantitative estimate of drug-likeness (QED) is 0.382. The maximum Gasteiger partial charge on any atom is 0.187 e. The Kier molecular flexibility index (Phi) is 6.16. The van der Waals surface area contributed by atoms with Crippen LogP contribution in [0.2, 0.25) is 5.02 Å². The van der Waals surface area contributed by atoms with E-state index in [4.69, 9.17) is 11.6 Å². The molecule has 26 heavy (non-hydrogen) atoms. The van der Waals surface area contributed by atoms with Crippen molar-refractivity contribution >= 4 is 34.8 Å². The second-order valence-corrected chi connectivity index (χ2v) is 7.20. The number of allylic oxidation sites excluding steroid dienone is 2. The number of ketones is 1. The second kappa shape index (κ2) is 8.75. The van der Waals surface area contributed by atoms with Gasteiger partial charge in [-0.25, -0.2) is 0 Å². The van der Waals surface area contributed by atoms with E-state index in [0.717, 1.165) is 26.2 Å². The van der Waals surface area contributed by atoms with E-state index in [2.05, 4.69) is 5.32 Å². The maximum absolute atomic E-state index is 12.3. The summed E-state index contributed by atoms with van der Waals surface area (Å²) >= 11 is 7.86. The van der Waals surface area contributed by atoms with Gasteiger partial charge in [-0.1, -0.05) is 78.0 Å². The molecule has 0 spiro atoms. The average Bonchev–Trinajstić information content (AvgIpc) is 2.66. The summed E-state index contributed by atoms with van der Waals surface area (Å²) in [6.45, 7) is 1.89. The van der Waals surface area contributed by atoms with Crippen LogP contribution in [0.5, 0.6) is 0 Å². The summed E-state index contributed by atoms with van der Waals surface area (Å²) in [4.78, 5) is 14.4. The fourth-order valence-electron chi connectivity index (χ4n) is 2.44. The summed E-state index contributed by atoms with van der Waals surface area (Å²) in [6.07, 6.45) is 1.62. The first-order chi connectivity index (χ1) is 12.6. The monoisotopic (exact) mass is 379 g/mol. The smallest absolute Gasteiger partial charge is 0.187 e. The van der Waals surface area contributed by atoms with Crippen molar-refractivity contribution in [3.63, 3.8) is 0 Å². The Labute approximate surface area is 162 Å². The molecule has 0 radical (unpaired) electrons. The first-order valence-corrected chi connectivity index (χ1v) is 9.39. The molecule has 2 nitrogen and oxygen atoms in total. The number of para-hydroxylation sites is 1. The molecule has 0 amide bonds. The summed E-state index contributed by atoms with van der Waals surface area (Å²) in [6, 6.07) is 25.0. The van der Waals surface area contributed by atoms with Gasteiger partial charge < -0.3 is 5.32 Å². The van der Waals surface area contributed by atoms with E-state index in [0.29, 0.717) is 5.56 Å². The van der Waals surface area contributed by atoms with E-state index in [1.165, 1.54) is 0 Å². The van der Waals surface area contributed by atoms with Crippen LogP contribution in [0.15, 0.2) is 100 Å². The Morgan fingerprint density at radius 3 is 2.23 bits per heavy atom. The Hall–Kier alpha value is -2.49. The summed E-state index contributed by atoms with van der Waals surface area (Å²) in [5, 5.41) is 4.05. The lowest BCUT2D eigenvalue weighted by molar-refractivity contribution is 0.104. The molecule has 0 saturated carbocycles. The number of nitrogens with one attached hydrogen (secondary N) is 1. The number of carbonyl (C=O) groups excluding carboxylic acids is 1. The van der Waals surface area contributed by atoms with Crippen molar-refractivity contribution in [3.8, 4) is 0 Å². The van der Waals surface area contributed by atoms with Gasteiger partial charge in [-0.05, 0) is 31.2 Å². The molecule has 3 aromatic carbocycles. The molecule has 0 fully saturated rings. The Morgan fingerprint density at radius 2 is 1.50 bits per heavy atom. The van der Waals surface area contributed by atoms with Gasteiger partial charge in [0.15, 0.2) is 5.78 Å². The number of benzene rings is 3. The summed E-state index contributed by atoms with van der Waals surface area (Å²) < 4.78 is 0. The molecule has 0 aliphatic heterocycles. The van der Waals surface area contributed by atoms with Crippen LogP contribution in [0.25, 0.3) is 0 Å². The Bertz CT molecular complexity index is 938. The minimum atomic E-state index is -0.0214. The van der Waals surface area contributed by atoms with E-state index >= 15 is 0 Å². The van der Waals surface area contributed by atoms with E-state index in [1.807, 2.05) is 85.8 Å². The highest BCUT2D eigenvalue weighted by atomic mass is 35.5. The minimum absolute atomic E-state index is 0.0214. The van der Waals surface area contributed by atoms with E-state index < -0.39 is 0 Å². The molecule has 1 N–H and O–H groups in total. The standard InChI is InChI=1S/C22H18ClNOS/c1-16(15-20(25)17-9-3-2-4-10-17)24-19-12-6-8-14-22(19)26-21-13-7-5-11-18(21)23/h2-15,24H,1H3. The summed E-state index contributed by atoms with van der Waals surface area (Å²) in [5.74, 6) is -0.0214. The van der Waals surface area contributed by atoms with Gasteiger partial charge in [0, 0.05) is 27.1 Å². The van der Waals surface area contributed by atoms with Crippen LogP contribution in [0.4, 0.5) is 5.69 Å². The largest absolute Gasteiger partial charge is 0.358 e. The van der Waals surface area contributed by atoms with Crippen LogP contribution >= 0.6 is 23.4 Å². The molecule has 3 aromatic rings. The third-order valence-electron chi connectivity index (χ3n) is 3.68. The van der Waals surface area contributed by atoms with Crippen molar-refractivity contribution in [3.05, 3.63) is 101 Å². The molecule has 0 unspecified atom stereocenters. The highest BCUT2D eigenvalue weighted by molar-refractivity contribution is 7.99.